The van der Waals surface area contributed by atoms with E-state index in [-0.39, 0.29) is 30.2 Å². The third-order valence-corrected chi connectivity index (χ3v) is 21.3. The highest BCUT2D eigenvalue weighted by molar-refractivity contribution is 6.31. The summed E-state index contributed by atoms with van der Waals surface area (Å²) >= 11 is 12.2. The van der Waals surface area contributed by atoms with Gasteiger partial charge in [0.05, 0.1) is 44.1 Å². The lowest BCUT2D eigenvalue weighted by atomic mass is 10.1. The molecule has 8 aliphatic rings. The van der Waals surface area contributed by atoms with Crippen molar-refractivity contribution in [1.29, 1.82) is 0 Å². The van der Waals surface area contributed by atoms with Gasteiger partial charge >= 0.3 is 22.8 Å². The third-order valence-electron chi connectivity index (χ3n) is 20.6. The normalized spacial score (nSPS) is 11.3. The highest BCUT2D eigenvalue weighted by Crippen LogP contribution is 2.30. The summed E-state index contributed by atoms with van der Waals surface area (Å²) < 4.78 is 7.76. The van der Waals surface area contributed by atoms with Gasteiger partial charge in [-0.25, -0.2) is 39.1 Å². The quantitative estimate of drug-likeness (QED) is 0.0653. The van der Waals surface area contributed by atoms with Gasteiger partial charge in [0.2, 0.25) is 0 Å². The predicted molar refractivity (Wildman–Crippen MR) is 452 cm³/mol. The second-order valence-electron chi connectivity index (χ2n) is 29.0. The van der Waals surface area contributed by atoms with Crippen LogP contribution in [0, 0.1) is 76.2 Å². The number of halogens is 2. The Morgan fingerprint density at radius 3 is 0.833 bits per heavy atom. The van der Waals surface area contributed by atoms with Gasteiger partial charge in [-0.15, -0.1) is 0 Å². The maximum absolute atomic E-state index is 12.3. The number of aromatic nitrogens is 16. The molecule has 8 heterocycles. The second kappa shape index (κ2) is 34.6. The Balaban J connectivity index is 0.000000140. The zero-order valence-electron chi connectivity index (χ0n) is 64.7. The average Bonchev–Trinajstić information content (AvgIpc) is 0.773. The molecule has 24 nitrogen and oxygen atoms in total. The molecular weight excluding hydrogens is 1480 g/mol. The van der Waals surface area contributed by atoms with E-state index >= 15 is 0 Å². The van der Waals surface area contributed by atoms with Gasteiger partial charge in [-0.1, -0.05) is 115 Å². The number of hydrogen-bond donors (Lipinski definition) is 4. The molecule has 8 aromatic rings. The molecule has 0 saturated carbocycles. The Labute approximate surface area is 665 Å². The molecule has 0 atom stereocenters. The minimum absolute atomic E-state index is 0. The summed E-state index contributed by atoms with van der Waals surface area (Å²) in [7, 11) is 0. The van der Waals surface area contributed by atoms with Gasteiger partial charge in [-0.3, -0.25) is 39.1 Å². The summed E-state index contributed by atoms with van der Waals surface area (Å²) in [6.45, 7) is 24.8. The van der Waals surface area contributed by atoms with E-state index in [1.165, 1.54) is 27.8 Å². The van der Waals surface area contributed by atoms with Crippen LogP contribution >= 0.6 is 23.2 Å². The Kier molecular flexibility index (Phi) is 24.6. The zero-order valence-corrected chi connectivity index (χ0v) is 66.2. The standard InChI is InChI=1S/C22H21ClN4O2.2C22H22N4O2.C21H19ClN4O2.CH4/c1-12-10-17-18(11-13(12)2)27(20-19(24-17)21(28)26-22(29)25-20)8-4-5-15-6-7-16(23)14(3)9-15;2*1-13-6-8-16(9-7-13)5-4-10-26-18-12-15(3)14(2)11-17(18)23-19-20(26)24-22(28)25-21(19)27;1-12-9-16-17(10-13(12)2)26(8-4-6-14-5-3-7-15(22)11-14)19-18(23-16)20(27)25-21(28)24-19;/h6-7,9-11H,4-5,8H2,1-3H3,(H,26,28,29);2*6-9,11-12H,4-5,10H2,1-3H3,(H,25,27,28);3,5,7,9-11H,4,6,8H2,1-2H3,(H,25,27,28);1H4. The Hall–Kier alpha value is -12.5. The van der Waals surface area contributed by atoms with Gasteiger partial charge in [0.1, 0.15) is 0 Å². The summed E-state index contributed by atoms with van der Waals surface area (Å²) in [5.74, 6) is 1.32. The summed E-state index contributed by atoms with van der Waals surface area (Å²) in [5.41, 5.74) is 19.8. The van der Waals surface area contributed by atoms with E-state index in [1.807, 2.05) is 153 Å². The molecule has 0 unspecified atom stereocenters. The first-order chi connectivity index (χ1) is 54.1. The molecule has 4 N–H and O–H groups in total. The SMILES string of the molecule is C.Cc1cc2nc3c(=O)[nH]c(=O)nc-3n(CCCc3ccc(Cl)c(C)c3)c2cc1C.Cc1cc2nc3c(=O)[nH]c(=O)nc-3n(CCCc3cccc(Cl)c3)c2cc1C.Cc1ccc(CCCn2c3nc(=O)[nH]c(=O)c-3nc3cc(C)c(C)cc32)cc1.Cc1ccc(CCCn2c3nc(=O)[nH]c(=O)c-3nc3cc(C)c(C)cc32)cc1. The Morgan fingerprint density at radius 1 is 0.289 bits per heavy atom. The Morgan fingerprint density at radius 2 is 0.553 bits per heavy atom. The van der Waals surface area contributed by atoms with Crippen LogP contribution in [0.25, 0.3) is 90.2 Å². The fraction of sp³-hybridized carbons (Fsp3) is 0.273. The molecule has 0 fully saturated rings. The molecule has 0 aliphatic carbocycles. The topological polar surface area (TPSA) is 323 Å². The van der Waals surface area contributed by atoms with Crippen LogP contribution in [-0.2, 0) is 51.9 Å². The van der Waals surface area contributed by atoms with E-state index in [0.717, 1.165) is 145 Å². The van der Waals surface area contributed by atoms with Crippen molar-refractivity contribution in [3.05, 3.63) is 316 Å². The van der Waals surface area contributed by atoms with Crippen LogP contribution < -0.4 is 45.0 Å². The molecule has 0 radical (unpaired) electrons. The van der Waals surface area contributed by atoms with Gasteiger partial charge in [0, 0.05) is 36.2 Å². The first kappa shape index (κ1) is 81.0. The molecule has 0 saturated heterocycles. The maximum Gasteiger partial charge on any atom is 0.349 e. The minimum Gasteiger partial charge on any atom is -0.322 e. The molecule has 8 aliphatic heterocycles. The number of aromatic amines is 4. The van der Waals surface area contributed by atoms with E-state index in [0.29, 0.717) is 65.5 Å². The number of rotatable bonds is 16. The van der Waals surface area contributed by atoms with Crippen LogP contribution in [-0.4, -0.2) is 78.1 Å². The first-order valence-electron chi connectivity index (χ1n) is 37.4. The van der Waals surface area contributed by atoms with Crippen molar-refractivity contribution in [2.24, 2.45) is 0 Å². The van der Waals surface area contributed by atoms with Crippen molar-refractivity contribution in [2.45, 2.75) is 161 Å². The first-order valence-corrected chi connectivity index (χ1v) is 38.1. The molecule has 0 spiro atoms. The summed E-state index contributed by atoms with van der Waals surface area (Å²) in [6, 6.07) is 46.8. The van der Waals surface area contributed by atoms with Crippen molar-refractivity contribution < 1.29 is 0 Å². The van der Waals surface area contributed by atoms with E-state index in [9.17, 15) is 38.4 Å². The van der Waals surface area contributed by atoms with Crippen molar-refractivity contribution in [1.82, 2.24) is 78.1 Å². The lowest BCUT2D eigenvalue weighted by Gasteiger charge is -2.18. The molecule has 114 heavy (non-hydrogen) atoms. The molecule has 0 aromatic heterocycles. The largest absolute Gasteiger partial charge is 0.349 e. The molecule has 582 valence electrons. The summed E-state index contributed by atoms with van der Waals surface area (Å²) in [4.78, 5) is 140. The second-order valence-corrected chi connectivity index (χ2v) is 29.9. The molecule has 0 amide bonds. The average molecular weight is 1570 g/mol. The van der Waals surface area contributed by atoms with Gasteiger partial charge in [0.25, 0.3) is 22.2 Å². The number of hydrogen-bond acceptors (Lipinski definition) is 16. The summed E-state index contributed by atoms with van der Waals surface area (Å²) in [5, 5.41) is 1.46. The molecule has 0 bridgehead atoms. The van der Waals surface area contributed by atoms with Crippen molar-refractivity contribution in [2.75, 3.05) is 0 Å². The number of nitrogens with zero attached hydrogens (tertiary/aromatic N) is 12. The monoisotopic (exact) mass is 1570 g/mol. The van der Waals surface area contributed by atoms with E-state index in [4.69, 9.17) is 23.2 Å². The van der Waals surface area contributed by atoms with Crippen LogP contribution in [0.3, 0.4) is 0 Å². The number of benzene rings is 8. The van der Waals surface area contributed by atoms with Crippen molar-refractivity contribution in [3.8, 4) is 46.1 Å². The summed E-state index contributed by atoms with van der Waals surface area (Å²) in [6.07, 6.45) is 6.79. The number of aryl methyl sites for hydroxylation is 19. The lowest BCUT2D eigenvalue weighted by molar-refractivity contribution is 0.648. The van der Waals surface area contributed by atoms with Crippen LogP contribution in [0.5, 0.6) is 0 Å². The number of H-pyrrole nitrogens is 4. The van der Waals surface area contributed by atoms with E-state index < -0.39 is 45.0 Å². The molecular formula is C88H88Cl2N16O8. The van der Waals surface area contributed by atoms with Gasteiger partial charge < -0.3 is 18.3 Å². The highest BCUT2D eigenvalue weighted by Gasteiger charge is 2.24. The minimum atomic E-state index is -0.661. The number of fused-ring (bicyclic) bond motifs is 8. The fourth-order valence-electron chi connectivity index (χ4n) is 13.9. The smallest absolute Gasteiger partial charge is 0.322 e. The van der Waals surface area contributed by atoms with Crippen LogP contribution in [0.1, 0.15) is 117 Å². The van der Waals surface area contributed by atoms with E-state index in [1.54, 1.807) is 0 Å². The van der Waals surface area contributed by atoms with Gasteiger partial charge in [0.15, 0.2) is 46.1 Å². The fourth-order valence-corrected chi connectivity index (χ4v) is 14.3. The van der Waals surface area contributed by atoms with Gasteiger partial charge in [-0.2, -0.15) is 19.9 Å². The van der Waals surface area contributed by atoms with Crippen LogP contribution in [0.4, 0.5) is 0 Å². The highest BCUT2D eigenvalue weighted by atomic mass is 35.5. The van der Waals surface area contributed by atoms with E-state index in [2.05, 4.69) is 140 Å². The van der Waals surface area contributed by atoms with Crippen molar-refractivity contribution in [3.63, 3.8) is 0 Å². The Bertz CT molecular complexity index is 6520. The molecule has 16 rings (SSSR count). The maximum atomic E-state index is 12.3. The number of nitrogens with one attached hydrogen (secondary N) is 4. The van der Waals surface area contributed by atoms with Gasteiger partial charge in [-0.05, 0) is 267 Å². The molecule has 8 aromatic carbocycles. The van der Waals surface area contributed by atoms with Crippen LogP contribution in [0.2, 0.25) is 10.0 Å². The zero-order chi connectivity index (χ0) is 80.2. The molecule has 26 heteroatoms. The van der Waals surface area contributed by atoms with Crippen molar-refractivity contribution >= 4 is 67.3 Å². The van der Waals surface area contributed by atoms with Crippen LogP contribution in [0.15, 0.2) is 178 Å². The third kappa shape index (κ3) is 18.2. The predicted octanol–water partition coefficient (Wildman–Crippen LogP) is 14.2. The lowest BCUT2D eigenvalue weighted by Crippen LogP contribution is -2.29.